The minimum Gasteiger partial charge on any atom is -0.375 e. The zero-order chi connectivity index (χ0) is 14.9. The van der Waals surface area contributed by atoms with Crippen molar-refractivity contribution in [1.82, 2.24) is 0 Å². The summed E-state index contributed by atoms with van der Waals surface area (Å²) < 4.78 is 36.2. The van der Waals surface area contributed by atoms with Crippen LogP contribution in [0.3, 0.4) is 0 Å². The van der Waals surface area contributed by atoms with Crippen LogP contribution < -0.4 is 10.5 Å². The van der Waals surface area contributed by atoms with Crippen LogP contribution in [0.2, 0.25) is 0 Å². The number of aryl methyl sites for hydroxylation is 1. The second-order valence-electron chi connectivity index (χ2n) is 4.50. The van der Waals surface area contributed by atoms with Crippen LogP contribution in [0.5, 0.6) is 0 Å². The van der Waals surface area contributed by atoms with Crippen LogP contribution in [-0.2, 0) is 10.0 Å². The number of halogens is 1. The topological polar surface area (TPSA) is 72.2 Å². The average Bonchev–Trinajstić information content (AvgIpc) is 2.77. The lowest BCUT2D eigenvalue weighted by Crippen LogP contribution is -2.13. The van der Waals surface area contributed by atoms with Gasteiger partial charge in [0, 0.05) is 9.75 Å². The van der Waals surface area contributed by atoms with E-state index in [2.05, 4.69) is 5.32 Å². The molecule has 0 aliphatic carbocycles. The van der Waals surface area contributed by atoms with Crippen LogP contribution >= 0.6 is 11.3 Å². The number of hydrogen-bond acceptors (Lipinski definition) is 4. The Morgan fingerprint density at radius 1 is 1.30 bits per heavy atom. The standard InChI is InChI=1S/C13H15FN2O2S2/c1-8-3-6-13(19-8)9(2)16-12-5-4-10(7-11(12)14)20(15,17)18/h3-7,9,16H,1-2H3,(H2,15,17,18). The first-order valence-electron chi connectivity index (χ1n) is 5.92. The van der Waals surface area contributed by atoms with Gasteiger partial charge in [0.25, 0.3) is 0 Å². The van der Waals surface area contributed by atoms with Crippen LogP contribution in [0.1, 0.15) is 22.7 Å². The number of nitrogens with one attached hydrogen (secondary N) is 1. The van der Waals surface area contributed by atoms with Crippen molar-refractivity contribution in [2.24, 2.45) is 5.14 Å². The smallest absolute Gasteiger partial charge is 0.238 e. The summed E-state index contributed by atoms with van der Waals surface area (Å²) in [6.45, 7) is 3.92. The molecular weight excluding hydrogens is 299 g/mol. The summed E-state index contributed by atoms with van der Waals surface area (Å²) >= 11 is 1.63. The highest BCUT2D eigenvalue weighted by Crippen LogP contribution is 2.27. The van der Waals surface area contributed by atoms with E-state index < -0.39 is 15.8 Å². The third kappa shape index (κ3) is 3.36. The quantitative estimate of drug-likeness (QED) is 0.911. The minimum absolute atomic E-state index is 0.0662. The number of thiophene rings is 1. The molecule has 7 heteroatoms. The molecule has 1 unspecified atom stereocenters. The number of hydrogen-bond donors (Lipinski definition) is 2. The molecule has 0 aliphatic heterocycles. The number of nitrogens with two attached hydrogens (primary N) is 1. The van der Waals surface area contributed by atoms with Gasteiger partial charge >= 0.3 is 0 Å². The van der Waals surface area contributed by atoms with Gasteiger partial charge in [-0.25, -0.2) is 17.9 Å². The minimum atomic E-state index is -3.89. The van der Waals surface area contributed by atoms with Gasteiger partial charge in [-0.2, -0.15) is 0 Å². The Morgan fingerprint density at radius 2 is 2.00 bits per heavy atom. The predicted molar refractivity (Wildman–Crippen MR) is 78.9 cm³/mol. The molecule has 108 valence electrons. The number of rotatable bonds is 4. The second-order valence-corrected chi connectivity index (χ2v) is 7.38. The maximum absolute atomic E-state index is 13.9. The van der Waals surface area contributed by atoms with Gasteiger partial charge in [0.15, 0.2) is 0 Å². The molecule has 0 bridgehead atoms. The highest BCUT2D eigenvalue weighted by molar-refractivity contribution is 7.89. The third-order valence-electron chi connectivity index (χ3n) is 2.83. The molecule has 4 nitrogen and oxygen atoms in total. The number of sulfonamides is 1. The summed E-state index contributed by atoms with van der Waals surface area (Å²) in [4.78, 5) is 2.02. The van der Waals surface area contributed by atoms with Crippen molar-refractivity contribution in [3.63, 3.8) is 0 Å². The Morgan fingerprint density at radius 3 is 2.50 bits per heavy atom. The molecule has 1 heterocycles. The van der Waals surface area contributed by atoms with Crippen molar-refractivity contribution in [1.29, 1.82) is 0 Å². The molecule has 0 radical (unpaired) electrons. The molecule has 2 aromatic rings. The van der Waals surface area contributed by atoms with Crippen LogP contribution in [0.15, 0.2) is 35.2 Å². The summed E-state index contributed by atoms with van der Waals surface area (Å²) in [5.74, 6) is -0.642. The van der Waals surface area contributed by atoms with E-state index in [1.165, 1.54) is 17.0 Å². The van der Waals surface area contributed by atoms with Gasteiger partial charge in [-0.1, -0.05) is 0 Å². The first-order valence-corrected chi connectivity index (χ1v) is 8.29. The monoisotopic (exact) mass is 314 g/mol. The van der Waals surface area contributed by atoms with Crippen molar-refractivity contribution in [2.75, 3.05) is 5.32 Å². The highest BCUT2D eigenvalue weighted by Gasteiger charge is 2.14. The fourth-order valence-electron chi connectivity index (χ4n) is 1.78. The lowest BCUT2D eigenvalue weighted by atomic mass is 10.2. The summed E-state index contributed by atoms with van der Waals surface area (Å²) in [5, 5.41) is 7.98. The summed E-state index contributed by atoms with van der Waals surface area (Å²) in [5.41, 5.74) is 0.246. The Kier molecular flexibility index (Phi) is 4.12. The largest absolute Gasteiger partial charge is 0.375 e. The SMILES string of the molecule is Cc1ccc(C(C)Nc2ccc(S(N)(=O)=O)cc2F)s1. The van der Waals surface area contributed by atoms with Gasteiger partial charge in [-0.05, 0) is 44.2 Å². The maximum Gasteiger partial charge on any atom is 0.238 e. The second kappa shape index (κ2) is 5.51. The van der Waals surface area contributed by atoms with Crippen molar-refractivity contribution in [2.45, 2.75) is 24.8 Å². The van der Waals surface area contributed by atoms with E-state index in [0.29, 0.717) is 0 Å². The van der Waals surface area contributed by atoms with Crippen LogP contribution in [0.4, 0.5) is 10.1 Å². The average molecular weight is 314 g/mol. The van der Waals surface area contributed by atoms with E-state index in [0.717, 1.165) is 10.9 Å². The zero-order valence-corrected chi connectivity index (χ0v) is 12.7. The molecule has 2 rings (SSSR count). The van der Waals surface area contributed by atoms with E-state index in [4.69, 9.17) is 5.14 Å². The molecular formula is C13H15FN2O2S2. The molecule has 0 fully saturated rings. The Hall–Kier alpha value is -1.44. The normalized spacial score (nSPS) is 13.2. The molecule has 3 N–H and O–H groups in total. The highest BCUT2D eigenvalue weighted by atomic mass is 32.2. The summed E-state index contributed by atoms with van der Waals surface area (Å²) in [6.07, 6.45) is 0. The van der Waals surface area contributed by atoms with Crippen molar-refractivity contribution in [3.05, 3.63) is 45.9 Å². The Balaban J connectivity index is 2.22. The van der Waals surface area contributed by atoms with Crippen LogP contribution in [0, 0.1) is 12.7 Å². The molecule has 1 aromatic carbocycles. The fraction of sp³-hybridized carbons (Fsp3) is 0.231. The fourth-order valence-corrected chi connectivity index (χ4v) is 3.19. The summed E-state index contributed by atoms with van der Waals surface area (Å²) in [7, 11) is -3.89. The molecule has 1 atom stereocenters. The van der Waals surface area contributed by atoms with Gasteiger partial charge in [0.05, 0.1) is 16.6 Å². The zero-order valence-electron chi connectivity index (χ0n) is 11.1. The molecule has 20 heavy (non-hydrogen) atoms. The maximum atomic E-state index is 13.9. The lowest BCUT2D eigenvalue weighted by molar-refractivity contribution is 0.592. The van der Waals surface area contributed by atoms with Crippen molar-refractivity contribution >= 4 is 27.0 Å². The van der Waals surface area contributed by atoms with E-state index in [1.807, 2.05) is 26.0 Å². The third-order valence-corrected chi connectivity index (χ3v) is 4.92. The Bertz CT molecular complexity index is 726. The first kappa shape index (κ1) is 15.0. The number of primary sulfonamides is 1. The van der Waals surface area contributed by atoms with E-state index >= 15 is 0 Å². The van der Waals surface area contributed by atoms with Crippen LogP contribution in [-0.4, -0.2) is 8.42 Å². The van der Waals surface area contributed by atoms with E-state index in [-0.39, 0.29) is 16.6 Å². The predicted octanol–water partition coefficient (Wildman–Crippen LogP) is 3.02. The van der Waals surface area contributed by atoms with Gasteiger partial charge in [-0.15, -0.1) is 11.3 Å². The summed E-state index contributed by atoms with van der Waals surface area (Å²) in [6, 6.07) is 7.50. The Labute approximate surface area is 121 Å². The van der Waals surface area contributed by atoms with E-state index in [1.54, 1.807) is 11.3 Å². The van der Waals surface area contributed by atoms with Crippen molar-refractivity contribution < 1.29 is 12.8 Å². The van der Waals surface area contributed by atoms with E-state index in [9.17, 15) is 12.8 Å². The van der Waals surface area contributed by atoms with Gasteiger partial charge < -0.3 is 5.32 Å². The molecule has 0 spiro atoms. The molecule has 0 saturated carbocycles. The van der Waals surface area contributed by atoms with Gasteiger partial charge in [-0.3, -0.25) is 0 Å². The first-order chi connectivity index (χ1) is 9.27. The molecule has 0 saturated heterocycles. The van der Waals surface area contributed by atoms with Gasteiger partial charge in [0.2, 0.25) is 10.0 Å². The van der Waals surface area contributed by atoms with Crippen LogP contribution in [0.25, 0.3) is 0 Å². The lowest BCUT2D eigenvalue weighted by Gasteiger charge is -2.14. The number of anilines is 1. The molecule has 0 aliphatic rings. The van der Waals surface area contributed by atoms with Crippen molar-refractivity contribution in [3.8, 4) is 0 Å². The molecule has 1 aromatic heterocycles. The van der Waals surface area contributed by atoms with Gasteiger partial charge in [0.1, 0.15) is 5.82 Å². The number of benzene rings is 1. The molecule has 0 amide bonds.